The second-order valence-electron chi connectivity index (χ2n) is 0.664. The Balaban J connectivity index is 4.25. The van der Waals surface area contributed by atoms with Gasteiger partial charge in [-0.25, -0.2) is 0 Å². The summed E-state index contributed by atoms with van der Waals surface area (Å²) in [6, 6.07) is 0. The molecule has 0 spiro atoms. The lowest BCUT2D eigenvalue weighted by atomic mass is 11.3. The highest BCUT2D eigenvalue weighted by molar-refractivity contribution is 7.89. The quantitative estimate of drug-likeness (QED) is 0.360. The molecule has 6 heavy (non-hydrogen) atoms. The predicted molar refractivity (Wildman–Crippen MR) is 21.4 cm³/mol. The lowest BCUT2D eigenvalue weighted by Crippen LogP contribution is -1.76. The van der Waals surface area contributed by atoms with E-state index in [1.165, 1.54) is 0 Å². The van der Waals surface area contributed by atoms with E-state index in [1.54, 1.807) is 0 Å². The normalized spacial score (nSPS) is 18.8. The second kappa shape index (κ2) is 1.38. The fraction of sp³-hybridized carbons (Fsp3) is 0. The van der Waals surface area contributed by atoms with E-state index >= 15 is 0 Å². The Bertz CT molecular complexity index is 122. The average molecular weight is 111 g/mol. The van der Waals surface area contributed by atoms with Crippen LogP contribution in [0, 0.1) is 0 Å². The van der Waals surface area contributed by atoms with Crippen molar-refractivity contribution in [3.8, 4) is 0 Å². The molecule has 0 saturated heterocycles. The van der Waals surface area contributed by atoms with Crippen LogP contribution in [0.15, 0.2) is 12.0 Å². The van der Waals surface area contributed by atoms with Crippen LogP contribution in [0.2, 0.25) is 0 Å². The van der Waals surface area contributed by atoms with Crippen LogP contribution in [0.25, 0.3) is 0 Å². The second-order valence-corrected chi connectivity index (χ2v) is 1.99. The number of halogens is 1. The van der Waals surface area contributed by atoms with Gasteiger partial charge in [-0.2, -0.15) is 4.21 Å². The third kappa shape index (κ3) is 3.62. The minimum atomic E-state index is -4.15. The topological polar surface area (TPSA) is 38.5 Å². The number of rotatable bonds is 1. The zero-order valence-electron chi connectivity index (χ0n) is 2.93. The summed E-state index contributed by atoms with van der Waals surface area (Å²) in [6.07, 6.45) is 0. The standard InChI is InChI=1S/C2H3FO2S/c1-2-6(3,4)5/h2H,1H2/p+1. The minimum absolute atomic E-state index is 0.354. The first-order valence-corrected chi connectivity index (χ1v) is 2.63. The SMILES string of the molecule is C=CS(=O)(=[OH+])F. The molecule has 0 aromatic heterocycles. The number of hydrogen-bond acceptors (Lipinski definition) is 1. The van der Waals surface area contributed by atoms with E-state index in [4.69, 9.17) is 4.21 Å². The van der Waals surface area contributed by atoms with Crippen molar-refractivity contribution >= 4 is 10.2 Å². The van der Waals surface area contributed by atoms with Crippen LogP contribution in [-0.2, 0) is 10.2 Å². The van der Waals surface area contributed by atoms with E-state index < -0.39 is 10.2 Å². The van der Waals surface area contributed by atoms with Gasteiger partial charge in [0.15, 0.2) is 0 Å². The van der Waals surface area contributed by atoms with E-state index in [2.05, 4.69) is 6.58 Å². The molecule has 4 heteroatoms. The summed E-state index contributed by atoms with van der Waals surface area (Å²) in [5.74, 6) is 0. The maximum absolute atomic E-state index is 11.1. The maximum Gasteiger partial charge on any atom is 0.468 e. The summed E-state index contributed by atoms with van der Waals surface area (Å²) in [5, 5.41) is 0.354. The van der Waals surface area contributed by atoms with E-state index in [0.717, 1.165) is 0 Å². The predicted octanol–water partition coefficient (Wildman–Crippen LogP) is 0.586. The molecular formula is C2H4FO2S+. The van der Waals surface area contributed by atoms with Crippen LogP contribution in [0.1, 0.15) is 0 Å². The summed E-state index contributed by atoms with van der Waals surface area (Å²) in [7, 11) is -4.15. The van der Waals surface area contributed by atoms with Crippen LogP contribution in [-0.4, -0.2) is 8.42 Å². The molecule has 36 valence electrons. The molecule has 0 aliphatic heterocycles. The van der Waals surface area contributed by atoms with E-state index in [0.29, 0.717) is 5.41 Å². The molecule has 0 amide bonds. The highest BCUT2D eigenvalue weighted by Crippen LogP contribution is 1.86. The molecule has 0 radical (unpaired) electrons. The van der Waals surface area contributed by atoms with Gasteiger partial charge in [0, 0.05) is 0 Å². The van der Waals surface area contributed by atoms with Crippen LogP contribution in [0.5, 0.6) is 0 Å². The minimum Gasteiger partial charge on any atom is -0.197 e. The lowest BCUT2D eigenvalue weighted by Gasteiger charge is -1.60. The molecule has 0 aromatic carbocycles. The first kappa shape index (κ1) is 5.62. The smallest absolute Gasteiger partial charge is 0.197 e. The first-order chi connectivity index (χ1) is 2.56. The first-order valence-electron chi connectivity index (χ1n) is 1.15. The van der Waals surface area contributed by atoms with Crippen molar-refractivity contribution in [2.45, 2.75) is 0 Å². The molecule has 0 aliphatic carbocycles. The van der Waals surface area contributed by atoms with Crippen molar-refractivity contribution < 1.29 is 12.3 Å². The molecule has 0 bridgehead atoms. The average Bonchev–Trinajstić information content (AvgIpc) is 1.35. The van der Waals surface area contributed by atoms with Crippen molar-refractivity contribution in [2.24, 2.45) is 0 Å². The molecule has 0 fully saturated rings. The van der Waals surface area contributed by atoms with Gasteiger partial charge in [-0.05, 0) is 0 Å². The highest BCUT2D eigenvalue weighted by atomic mass is 32.3. The molecule has 1 unspecified atom stereocenters. The van der Waals surface area contributed by atoms with Crippen LogP contribution in [0.3, 0.4) is 0 Å². The zero-order valence-corrected chi connectivity index (χ0v) is 3.74. The van der Waals surface area contributed by atoms with Gasteiger partial charge in [0.2, 0.25) is 0 Å². The van der Waals surface area contributed by atoms with E-state index in [1.807, 2.05) is 0 Å². The van der Waals surface area contributed by atoms with Crippen molar-refractivity contribution in [2.75, 3.05) is 0 Å². The van der Waals surface area contributed by atoms with Gasteiger partial charge in [0.25, 0.3) is 0 Å². The van der Waals surface area contributed by atoms with Crippen molar-refractivity contribution in [3.63, 3.8) is 0 Å². The Morgan fingerprint density at radius 2 is 2.17 bits per heavy atom. The molecule has 0 aromatic rings. The monoisotopic (exact) mass is 111 g/mol. The largest absolute Gasteiger partial charge is 0.468 e. The van der Waals surface area contributed by atoms with Gasteiger partial charge in [-0.1, -0.05) is 10.5 Å². The lowest BCUT2D eigenvalue weighted by molar-refractivity contribution is 0.580. The molecule has 0 aliphatic rings. The van der Waals surface area contributed by atoms with Crippen molar-refractivity contribution in [1.29, 1.82) is 0 Å². The summed E-state index contributed by atoms with van der Waals surface area (Å²) in [4.78, 5) is 0. The summed E-state index contributed by atoms with van der Waals surface area (Å²) in [5.41, 5.74) is 0. The molecular weight excluding hydrogens is 107 g/mol. The summed E-state index contributed by atoms with van der Waals surface area (Å²) < 4.78 is 28.0. The van der Waals surface area contributed by atoms with Gasteiger partial charge >= 0.3 is 10.2 Å². The molecule has 0 rings (SSSR count). The van der Waals surface area contributed by atoms with Gasteiger partial charge in [0.05, 0.1) is 0 Å². The number of hydrogen-bond donors (Lipinski definition) is 0. The third-order valence-electron chi connectivity index (χ3n) is 0.206. The Morgan fingerprint density at radius 1 is 2.00 bits per heavy atom. The molecule has 1 N–H and O–H groups in total. The van der Waals surface area contributed by atoms with E-state index in [9.17, 15) is 8.09 Å². The van der Waals surface area contributed by atoms with Gasteiger partial charge < -0.3 is 0 Å². The molecule has 2 nitrogen and oxygen atoms in total. The summed E-state index contributed by atoms with van der Waals surface area (Å²) in [6.45, 7) is 2.73. The third-order valence-corrected chi connectivity index (χ3v) is 0.617. The van der Waals surface area contributed by atoms with Crippen LogP contribution >= 0.6 is 0 Å². The Labute approximate surface area is 35.5 Å². The maximum atomic E-state index is 11.1. The molecule has 0 saturated carbocycles. The Hall–Kier alpha value is -0.380. The zero-order chi connectivity index (χ0) is 5.21. The van der Waals surface area contributed by atoms with Crippen LogP contribution in [0.4, 0.5) is 3.89 Å². The van der Waals surface area contributed by atoms with Gasteiger partial charge in [0.1, 0.15) is 5.41 Å². The Kier molecular flexibility index (Phi) is 1.29. The fourth-order valence-corrected chi connectivity index (χ4v) is 0. The van der Waals surface area contributed by atoms with Gasteiger partial charge in [-0.3, -0.25) is 0 Å². The molecule has 0 heterocycles. The fourth-order valence-electron chi connectivity index (χ4n) is 0. The molecule has 1 atom stereocenters. The van der Waals surface area contributed by atoms with E-state index in [-0.39, 0.29) is 0 Å². The Morgan fingerprint density at radius 3 is 2.17 bits per heavy atom. The van der Waals surface area contributed by atoms with Crippen LogP contribution < -0.4 is 0 Å². The van der Waals surface area contributed by atoms with Crippen molar-refractivity contribution in [3.05, 3.63) is 12.0 Å². The van der Waals surface area contributed by atoms with Crippen molar-refractivity contribution in [1.82, 2.24) is 0 Å². The highest BCUT2D eigenvalue weighted by Gasteiger charge is 2.01. The van der Waals surface area contributed by atoms with Gasteiger partial charge in [-0.15, -0.1) is 4.21 Å². The summed E-state index contributed by atoms with van der Waals surface area (Å²) >= 11 is 0.